The lowest BCUT2D eigenvalue weighted by atomic mass is 10.1. The number of ether oxygens (including phenoxy) is 4. The molecule has 0 radical (unpaired) electrons. The van der Waals surface area contributed by atoms with Crippen LogP contribution in [0.2, 0.25) is 0 Å². The Bertz CT molecular complexity index is 954. The Labute approximate surface area is 203 Å². The first-order valence-corrected chi connectivity index (χ1v) is 12.4. The summed E-state index contributed by atoms with van der Waals surface area (Å²) in [5.74, 6) is -0.0568. The van der Waals surface area contributed by atoms with Crippen LogP contribution in [0.3, 0.4) is 0 Å². The lowest BCUT2D eigenvalue weighted by Gasteiger charge is -2.26. The minimum absolute atomic E-state index is 0.0705. The number of carbonyl (C=O) groups excluding carboxylic acids is 2. The lowest BCUT2D eigenvalue weighted by molar-refractivity contribution is -0.386. The van der Waals surface area contributed by atoms with E-state index in [9.17, 15) is 19.7 Å². The van der Waals surface area contributed by atoms with Crippen molar-refractivity contribution < 1.29 is 42.5 Å². The van der Waals surface area contributed by atoms with Crippen LogP contribution in [0.25, 0.3) is 0 Å². The van der Waals surface area contributed by atoms with Gasteiger partial charge in [0.25, 0.3) is 11.6 Å². The molecular weight excluding hydrogens is 485 g/mol. The number of nitriles is 1. The number of amides is 1. The normalized spacial score (nSPS) is 15.3. The van der Waals surface area contributed by atoms with Gasteiger partial charge in [0.15, 0.2) is 26.5 Å². The molecule has 2 rings (SSSR count). The third-order valence-electron chi connectivity index (χ3n) is 4.91. The lowest BCUT2D eigenvalue weighted by Crippen LogP contribution is -2.44. The van der Waals surface area contributed by atoms with Gasteiger partial charge in [0.05, 0.1) is 47.8 Å². The molecule has 13 nitrogen and oxygen atoms in total. The molecule has 35 heavy (non-hydrogen) atoms. The maximum absolute atomic E-state index is 12.3. The highest BCUT2D eigenvalue weighted by Gasteiger charge is 2.29. The second-order valence-corrected chi connectivity index (χ2v) is 8.74. The zero-order valence-electron chi connectivity index (χ0n) is 19.8. The molecule has 1 aliphatic rings. The molecular formula is C21H28N3O10P. The van der Waals surface area contributed by atoms with Crippen molar-refractivity contribution in [1.29, 1.82) is 5.26 Å². The van der Waals surface area contributed by atoms with Gasteiger partial charge in [-0.25, -0.2) is 4.79 Å². The van der Waals surface area contributed by atoms with Gasteiger partial charge in [-0.1, -0.05) is 6.92 Å². The summed E-state index contributed by atoms with van der Waals surface area (Å²) in [5, 5.41) is 22.7. The average molecular weight is 513 g/mol. The summed E-state index contributed by atoms with van der Waals surface area (Å²) in [7, 11) is -1.23. The number of hydrogen-bond acceptors (Lipinski definition) is 11. The van der Waals surface area contributed by atoms with E-state index >= 15 is 0 Å². The Morgan fingerprint density at radius 2 is 2.00 bits per heavy atom. The predicted octanol–water partition coefficient (Wildman–Crippen LogP) is 3.71. The summed E-state index contributed by atoms with van der Waals surface area (Å²) in [4.78, 5) is 35.1. The molecule has 0 saturated heterocycles. The van der Waals surface area contributed by atoms with Crippen molar-refractivity contribution >= 4 is 26.1 Å². The van der Waals surface area contributed by atoms with Crippen molar-refractivity contribution in [3.63, 3.8) is 0 Å². The quantitative estimate of drug-likeness (QED) is 0.134. The van der Waals surface area contributed by atoms with Crippen LogP contribution in [-0.4, -0.2) is 55.8 Å². The monoisotopic (exact) mass is 513 g/mol. The van der Waals surface area contributed by atoms with E-state index in [1.165, 1.54) is 19.1 Å². The van der Waals surface area contributed by atoms with Crippen molar-refractivity contribution in [3.8, 4) is 17.6 Å². The fourth-order valence-electron chi connectivity index (χ4n) is 3.15. The summed E-state index contributed by atoms with van der Waals surface area (Å²) in [5.41, 5.74) is -0.217. The number of nitro groups is 1. The second-order valence-electron chi connectivity index (χ2n) is 7.39. The van der Waals surface area contributed by atoms with E-state index in [0.29, 0.717) is 12.2 Å². The number of nitro benzene ring substituents is 1. The van der Waals surface area contributed by atoms with Gasteiger partial charge < -0.3 is 33.3 Å². The Balaban J connectivity index is 1.85. The number of hydrogen-bond donors (Lipinski definition) is 1. The summed E-state index contributed by atoms with van der Waals surface area (Å²) in [6, 6.07) is 4.17. The average Bonchev–Trinajstić information content (AvgIpc) is 3.28. The van der Waals surface area contributed by atoms with Crippen LogP contribution in [0.1, 0.15) is 45.3 Å². The van der Waals surface area contributed by atoms with Gasteiger partial charge in [0.2, 0.25) is 6.79 Å². The Kier molecular flexibility index (Phi) is 10.9. The Hall–Kier alpha value is -3.20. The van der Waals surface area contributed by atoms with Crippen LogP contribution in [-0.2, 0) is 23.3 Å². The number of carbonyl (C=O) groups is 2. The first-order chi connectivity index (χ1) is 16.7. The summed E-state index contributed by atoms with van der Waals surface area (Å²) < 4.78 is 31.5. The third kappa shape index (κ3) is 8.51. The minimum atomic E-state index is -1.23. The van der Waals surface area contributed by atoms with E-state index in [4.69, 9.17) is 33.3 Å². The van der Waals surface area contributed by atoms with Crippen molar-refractivity contribution in [3.05, 3.63) is 27.8 Å². The maximum atomic E-state index is 12.3. The van der Waals surface area contributed by atoms with Crippen LogP contribution in [0.15, 0.2) is 12.1 Å². The second kappa shape index (κ2) is 13.6. The van der Waals surface area contributed by atoms with Crippen LogP contribution >= 0.6 is 8.38 Å². The first kappa shape index (κ1) is 28.0. The molecule has 1 aliphatic heterocycles. The molecule has 1 amide bonds. The SMILES string of the molecule is CCC(NC(=O)COC(=O)OC(C)c1cc2c(cc1[N+](=O)[O-])OCO2)C(C)OP(C)OCCC#N. The molecule has 14 heteroatoms. The van der Waals surface area contributed by atoms with Crippen molar-refractivity contribution in [2.45, 2.75) is 51.9 Å². The summed E-state index contributed by atoms with van der Waals surface area (Å²) >= 11 is 0. The molecule has 0 spiro atoms. The van der Waals surface area contributed by atoms with E-state index in [2.05, 4.69) is 5.32 Å². The van der Waals surface area contributed by atoms with Gasteiger partial charge in [-0.15, -0.1) is 0 Å². The Morgan fingerprint density at radius 1 is 1.31 bits per heavy atom. The highest BCUT2D eigenvalue weighted by Crippen LogP contribution is 2.41. The standard InChI is InChI=1S/C21H28N3O10P/c1-5-16(14(3)34-35(4)32-8-6-7-22)23-20(25)11-29-21(26)33-13(2)15-9-18-19(31-12-30-18)10-17(15)24(27)28/h9-10,13-14,16H,5-6,8,11-12H2,1-4H3,(H,23,25). The summed E-state index contributed by atoms with van der Waals surface area (Å²) in [6.07, 6.45) is -1.81. The van der Waals surface area contributed by atoms with Crippen LogP contribution in [0.5, 0.6) is 11.5 Å². The van der Waals surface area contributed by atoms with Crippen LogP contribution < -0.4 is 14.8 Å². The van der Waals surface area contributed by atoms with Gasteiger partial charge in [-0.05, 0) is 26.3 Å². The topological polar surface area (TPSA) is 168 Å². The first-order valence-electron chi connectivity index (χ1n) is 10.8. The van der Waals surface area contributed by atoms with E-state index in [0.717, 1.165) is 0 Å². The van der Waals surface area contributed by atoms with E-state index in [1.54, 1.807) is 13.6 Å². The van der Waals surface area contributed by atoms with Gasteiger partial charge in [-0.3, -0.25) is 14.9 Å². The minimum Gasteiger partial charge on any atom is -0.454 e. The van der Waals surface area contributed by atoms with E-state index < -0.39 is 38.1 Å². The molecule has 4 atom stereocenters. The van der Waals surface area contributed by atoms with Gasteiger partial charge >= 0.3 is 6.16 Å². The van der Waals surface area contributed by atoms with Crippen LogP contribution in [0.4, 0.5) is 10.5 Å². The molecule has 0 aromatic heterocycles. The van der Waals surface area contributed by atoms with Gasteiger partial charge in [0.1, 0.15) is 6.10 Å². The largest absolute Gasteiger partial charge is 0.509 e. The van der Waals surface area contributed by atoms with Crippen molar-refractivity contribution in [2.24, 2.45) is 0 Å². The smallest absolute Gasteiger partial charge is 0.454 e. The number of nitrogens with one attached hydrogen (secondary N) is 1. The fourth-order valence-corrected chi connectivity index (χ4v) is 4.18. The Morgan fingerprint density at radius 3 is 2.63 bits per heavy atom. The number of rotatable bonds is 13. The molecule has 192 valence electrons. The van der Waals surface area contributed by atoms with Crippen molar-refractivity contribution in [2.75, 3.05) is 26.7 Å². The molecule has 0 saturated carbocycles. The number of fused-ring (bicyclic) bond motifs is 1. The van der Waals surface area contributed by atoms with Crippen molar-refractivity contribution in [1.82, 2.24) is 5.32 Å². The predicted molar refractivity (Wildman–Crippen MR) is 122 cm³/mol. The molecule has 0 bridgehead atoms. The highest BCUT2D eigenvalue weighted by molar-refractivity contribution is 7.46. The van der Waals surface area contributed by atoms with E-state index in [-0.39, 0.29) is 49.0 Å². The van der Waals surface area contributed by atoms with E-state index in [1.807, 2.05) is 13.0 Å². The van der Waals surface area contributed by atoms with Crippen LogP contribution in [0, 0.1) is 21.4 Å². The maximum Gasteiger partial charge on any atom is 0.509 e. The molecule has 4 unspecified atom stereocenters. The molecule has 0 aliphatic carbocycles. The zero-order valence-corrected chi connectivity index (χ0v) is 20.7. The summed E-state index contributed by atoms with van der Waals surface area (Å²) in [6.45, 7) is 6.39. The molecule has 1 aromatic carbocycles. The van der Waals surface area contributed by atoms with Gasteiger partial charge in [0, 0.05) is 6.66 Å². The fraction of sp³-hybridized carbons (Fsp3) is 0.571. The zero-order chi connectivity index (χ0) is 26.0. The molecule has 0 fully saturated rings. The molecule has 1 aromatic rings. The molecule has 1 N–H and O–H groups in total. The molecule has 1 heterocycles. The third-order valence-corrected chi connectivity index (χ3v) is 6.08. The number of nitrogens with zero attached hydrogens (tertiary/aromatic N) is 2. The highest BCUT2D eigenvalue weighted by atomic mass is 31.2. The van der Waals surface area contributed by atoms with Gasteiger partial charge in [-0.2, -0.15) is 5.26 Å². The number of benzene rings is 1.